The molecule has 0 spiro atoms. The SMILES string of the molecule is CCCNC(Cc1sccc1Br)C1CCCCC1(C)C. The Morgan fingerprint density at radius 3 is 2.85 bits per heavy atom. The molecular weight excluding hydrogens is 330 g/mol. The van der Waals surface area contributed by atoms with E-state index in [-0.39, 0.29) is 0 Å². The molecule has 0 radical (unpaired) electrons. The first-order valence-corrected chi connectivity index (χ1v) is 9.67. The maximum Gasteiger partial charge on any atom is 0.0314 e. The second-order valence-electron chi connectivity index (χ2n) is 6.80. The Hall–Kier alpha value is 0.140. The Morgan fingerprint density at radius 2 is 2.25 bits per heavy atom. The predicted molar refractivity (Wildman–Crippen MR) is 93.5 cm³/mol. The molecule has 1 nitrogen and oxygen atoms in total. The van der Waals surface area contributed by atoms with Crippen molar-refractivity contribution in [1.29, 1.82) is 0 Å². The summed E-state index contributed by atoms with van der Waals surface area (Å²) in [6.45, 7) is 8.35. The molecule has 1 fully saturated rings. The van der Waals surface area contributed by atoms with Crippen LogP contribution in [0.4, 0.5) is 0 Å². The molecule has 114 valence electrons. The first kappa shape index (κ1) is 16.5. The van der Waals surface area contributed by atoms with Crippen LogP contribution in [0.2, 0.25) is 0 Å². The zero-order valence-electron chi connectivity index (χ0n) is 13.0. The fraction of sp³-hybridized carbons (Fsp3) is 0.765. The molecular formula is C17H28BrNS. The lowest BCUT2D eigenvalue weighted by molar-refractivity contribution is 0.0983. The van der Waals surface area contributed by atoms with E-state index in [1.807, 2.05) is 11.3 Å². The topological polar surface area (TPSA) is 12.0 Å². The number of rotatable bonds is 6. The van der Waals surface area contributed by atoms with Gasteiger partial charge in [0.15, 0.2) is 0 Å². The minimum atomic E-state index is 0.480. The van der Waals surface area contributed by atoms with Gasteiger partial charge < -0.3 is 5.32 Å². The Labute approximate surface area is 136 Å². The minimum Gasteiger partial charge on any atom is -0.313 e. The van der Waals surface area contributed by atoms with Crippen LogP contribution in [0.15, 0.2) is 15.9 Å². The van der Waals surface area contributed by atoms with Gasteiger partial charge in [0, 0.05) is 15.4 Å². The highest BCUT2D eigenvalue weighted by Gasteiger charge is 2.37. The maximum atomic E-state index is 3.85. The normalized spacial score (nSPS) is 23.7. The number of nitrogens with one attached hydrogen (secondary N) is 1. The van der Waals surface area contributed by atoms with E-state index in [9.17, 15) is 0 Å². The monoisotopic (exact) mass is 357 g/mol. The summed E-state index contributed by atoms with van der Waals surface area (Å²) in [5.41, 5.74) is 0.480. The highest BCUT2D eigenvalue weighted by atomic mass is 79.9. The Bertz CT molecular complexity index is 413. The number of halogens is 1. The van der Waals surface area contributed by atoms with E-state index >= 15 is 0 Å². The van der Waals surface area contributed by atoms with Crippen molar-refractivity contribution in [2.45, 2.75) is 65.3 Å². The molecule has 1 aliphatic carbocycles. The van der Waals surface area contributed by atoms with Gasteiger partial charge in [-0.1, -0.05) is 33.6 Å². The summed E-state index contributed by atoms with van der Waals surface area (Å²) < 4.78 is 1.29. The van der Waals surface area contributed by atoms with E-state index in [0.29, 0.717) is 11.5 Å². The molecule has 20 heavy (non-hydrogen) atoms. The molecule has 2 unspecified atom stereocenters. The molecule has 1 heterocycles. The summed E-state index contributed by atoms with van der Waals surface area (Å²) in [6, 6.07) is 2.81. The smallest absolute Gasteiger partial charge is 0.0314 e. The van der Waals surface area contributed by atoms with E-state index < -0.39 is 0 Å². The molecule has 0 aliphatic heterocycles. The molecule has 0 amide bonds. The van der Waals surface area contributed by atoms with Crippen molar-refractivity contribution in [3.05, 3.63) is 20.8 Å². The molecule has 3 heteroatoms. The molecule has 2 atom stereocenters. The fourth-order valence-electron chi connectivity index (χ4n) is 3.62. The summed E-state index contributed by atoms with van der Waals surface area (Å²) in [7, 11) is 0. The fourth-order valence-corrected chi connectivity index (χ4v) is 5.20. The van der Waals surface area contributed by atoms with Crippen LogP contribution in [0.25, 0.3) is 0 Å². The van der Waals surface area contributed by atoms with Gasteiger partial charge in [0.05, 0.1) is 0 Å². The average molecular weight is 358 g/mol. The highest BCUT2D eigenvalue weighted by Crippen LogP contribution is 2.43. The van der Waals surface area contributed by atoms with Crippen LogP contribution in [-0.2, 0) is 6.42 Å². The third kappa shape index (κ3) is 4.08. The molecule has 0 bridgehead atoms. The first-order valence-electron chi connectivity index (χ1n) is 8.00. The van der Waals surface area contributed by atoms with Crippen molar-refractivity contribution >= 4 is 27.3 Å². The first-order chi connectivity index (χ1) is 9.54. The van der Waals surface area contributed by atoms with Crippen molar-refractivity contribution < 1.29 is 0 Å². The Morgan fingerprint density at radius 1 is 1.45 bits per heavy atom. The van der Waals surface area contributed by atoms with Crippen molar-refractivity contribution in [2.75, 3.05) is 6.54 Å². The van der Waals surface area contributed by atoms with Crippen LogP contribution in [0.1, 0.15) is 57.8 Å². The predicted octanol–water partition coefficient (Wildman–Crippen LogP) is 5.64. The van der Waals surface area contributed by atoms with Gasteiger partial charge in [-0.25, -0.2) is 0 Å². The van der Waals surface area contributed by atoms with Crippen LogP contribution in [-0.4, -0.2) is 12.6 Å². The molecule has 1 aromatic rings. The summed E-state index contributed by atoms with van der Waals surface area (Å²) >= 11 is 5.59. The van der Waals surface area contributed by atoms with Gasteiger partial charge in [-0.2, -0.15) is 0 Å². The van der Waals surface area contributed by atoms with Crippen molar-refractivity contribution in [3.8, 4) is 0 Å². The second kappa shape index (κ2) is 7.42. The minimum absolute atomic E-state index is 0.480. The van der Waals surface area contributed by atoms with Gasteiger partial charge in [-0.05, 0) is 70.9 Å². The van der Waals surface area contributed by atoms with Gasteiger partial charge in [0.2, 0.25) is 0 Å². The van der Waals surface area contributed by atoms with E-state index in [0.717, 1.165) is 12.5 Å². The quantitative estimate of drug-likeness (QED) is 0.694. The van der Waals surface area contributed by atoms with Gasteiger partial charge >= 0.3 is 0 Å². The third-order valence-corrected chi connectivity index (χ3v) is 6.78. The molecule has 0 saturated heterocycles. The van der Waals surface area contributed by atoms with E-state index in [1.54, 1.807) is 0 Å². The van der Waals surface area contributed by atoms with Gasteiger partial charge in [0.1, 0.15) is 0 Å². The lowest BCUT2D eigenvalue weighted by Crippen LogP contribution is -2.46. The summed E-state index contributed by atoms with van der Waals surface area (Å²) in [4.78, 5) is 1.50. The number of thiophene rings is 1. The molecule has 0 aromatic carbocycles. The Kier molecular flexibility index (Phi) is 6.12. The zero-order chi connectivity index (χ0) is 14.6. The standard InChI is InChI=1S/C17H28BrNS/c1-4-10-19-15(12-16-14(18)8-11-20-16)13-7-5-6-9-17(13,2)3/h8,11,13,15,19H,4-7,9-10,12H2,1-3H3. The second-order valence-corrected chi connectivity index (χ2v) is 8.65. The summed E-state index contributed by atoms with van der Waals surface area (Å²) in [5, 5.41) is 6.04. The number of hydrogen-bond donors (Lipinski definition) is 1. The van der Waals surface area contributed by atoms with E-state index in [2.05, 4.69) is 53.5 Å². The highest BCUT2D eigenvalue weighted by molar-refractivity contribution is 9.10. The third-order valence-electron chi connectivity index (χ3n) is 4.83. The zero-order valence-corrected chi connectivity index (χ0v) is 15.4. The lowest BCUT2D eigenvalue weighted by atomic mass is 9.65. The Balaban J connectivity index is 2.11. The number of hydrogen-bond acceptors (Lipinski definition) is 2. The van der Waals surface area contributed by atoms with Gasteiger partial charge in [-0.15, -0.1) is 11.3 Å². The van der Waals surface area contributed by atoms with Crippen LogP contribution < -0.4 is 5.32 Å². The van der Waals surface area contributed by atoms with E-state index in [1.165, 1.54) is 47.9 Å². The van der Waals surface area contributed by atoms with Crippen LogP contribution in [0.3, 0.4) is 0 Å². The van der Waals surface area contributed by atoms with E-state index in [4.69, 9.17) is 0 Å². The lowest BCUT2D eigenvalue weighted by Gasteiger charge is -2.43. The largest absolute Gasteiger partial charge is 0.313 e. The van der Waals surface area contributed by atoms with Crippen molar-refractivity contribution in [3.63, 3.8) is 0 Å². The maximum absolute atomic E-state index is 3.85. The molecule has 1 N–H and O–H groups in total. The van der Waals surface area contributed by atoms with Crippen LogP contribution in [0.5, 0.6) is 0 Å². The average Bonchev–Trinajstić information content (AvgIpc) is 2.80. The molecule has 1 aliphatic rings. The summed E-state index contributed by atoms with van der Waals surface area (Å²) in [6.07, 6.45) is 7.98. The van der Waals surface area contributed by atoms with Gasteiger partial charge in [-0.3, -0.25) is 0 Å². The summed E-state index contributed by atoms with van der Waals surface area (Å²) in [5.74, 6) is 0.803. The molecule has 2 rings (SSSR count). The van der Waals surface area contributed by atoms with Crippen molar-refractivity contribution in [2.24, 2.45) is 11.3 Å². The van der Waals surface area contributed by atoms with Crippen LogP contribution >= 0.6 is 27.3 Å². The molecule has 1 saturated carbocycles. The van der Waals surface area contributed by atoms with Gasteiger partial charge in [0.25, 0.3) is 0 Å². The van der Waals surface area contributed by atoms with Crippen molar-refractivity contribution in [1.82, 2.24) is 5.32 Å². The van der Waals surface area contributed by atoms with Crippen LogP contribution in [0, 0.1) is 11.3 Å². The molecule has 1 aromatic heterocycles.